The summed E-state index contributed by atoms with van der Waals surface area (Å²) in [5, 5.41) is 13.9. The summed E-state index contributed by atoms with van der Waals surface area (Å²) in [6.07, 6.45) is 1.71. The van der Waals surface area contributed by atoms with E-state index in [0.29, 0.717) is 0 Å². The van der Waals surface area contributed by atoms with Gasteiger partial charge in [-0.2, -0.15) is 5.10 Å². The fourth-order valence-electron chi connectivity index (χ4n) is 1.88. The summed E-state index contributed by atoms with van der Waals surface area (Å²) in [5.74, 6) is -0.0574. The largest absolute Gasteiger partial charge is 0.324 e. The van der Waals surface area contributed by atoms with E-state index in [4.69, 9.17) is 0 Å². The van der Waals surface area contributed by atoms with Gasteiger partial charge in [0.25, 0.3) is 0 Å². The van der Waals surface area contributed by atoms with E-state index < -0.39 is 5.54 Å². The van der Waals surface area contributed by atoms with Crippen LogP contribution < -0.4 is 10.6 Å². The maximum Gasteiger partial charge on any atom is 0.244 e. The summed E-state index contributed by atoms with van der Waals surface area (Å²) in [5.41, 5.74) is 1.09. The van der Waals surface area contributed by atoms with E-state index in [2.05, 4.69) is 20.8 Å². The Balaban J connectivity index is 2.24. The number of carbonyl (C=O) groups is 1. The molecule has 0 radical (unpaired) electrons. The van der Waals surface area contributed by atoms with Crippen molar-refractivity contribution in [3.8, 4) is 0 Å². The van der Waals surface area contributed by atoms with Crippen LogP contribution in [0.3, 0.4) is 0 Å². The Morgan fingerprint density at radius 1 is 1.44 bits per heavy atom. The smallest absolute Gasteiger partial charge is 0.244 e. The first-order chi connectivity index (χ1) is 8.54. The van der Waals surface area contributed by atoms with Crippen molar-refractivity contribution < 1.29 is 4.79 Å². The number of fused-ring (bicyclic) bond motifs is 1. The molecule has 96 valence electrons. The number of hydrogen-bond donors (Lipinski definition) is 3. The molecule has 0 aliphatic carbocycles. The van der Waals surface area contributed by atoms with Gasteiger partial charge in [-0.15, -0.1) is 0 Å². The molecule has 0 aliphatic rings. The number of anilines is 1. The molecule has 0 unspecified atom stereocenters. The van der Waals surface area contributed by atoms with Crippen LogP contribution in [0.4, 0.5) is 5.69 Å². The number of likely N-dealkylation sites (N-methyl/N-ethyl adjacent to an activating group) is 1. The monoisotopic (exact) mass is 246 g/mol. The summed E-state index contributed by atoms with van der Waals surface area (Å²) in [6.45, 7) is 6.45. The van der Waals surface area contributed by atoms with Crippen LogP contribution in [0.1, 0.15) is 20.8 Å². The third-order valence-corrected chi connectivity index (χ3v) is 2.92. The maximum absolute atomic E-state index is 12.2. The van der Waals surface area contributed by atoms with E-state index >= 15 is 0 Å². The third-order valence-electron chi connectivity index (χ3n) is 2.92. The van der Waals surface area contributed by atoms with E-state index in [1.165, 1.54) is 0 Å². The molecule has 0 bridgehead atoms. The second-order valence-electron chi connectivity index (χ2n) is 4.75. The highest BCUT2D eigenvalue weighted by atomic mass is 16.2. The van der Waals surface area contributed by atoms with E-state index in [-0.39, 0.29) is 5.91 Å². The molecule has 0 saturated heterocycles. The van der Waals surface area contributed by atoms with Crippen molar-refractivity contribution >= 4 is 22.5 Å². The quantitative estimate of drug-likeness (QED) is 0.771. The van der Waals surface area contributed by atoms with Crippen molar-refractivity contribution in [2.45, 2.75) is 26.3 Å². The zero-order chi connectivity index (χ0) is 13.2. The van der Waals surface area contributed by atoms with Gasteiger partial charge in [0.05, 0.1) is 22.9 Å². The van der Waals surface area contributed by atoms with Crippen LogP contribution in [0.25, 0.3) is 10.9 Å². The van der Waals surface area contributed by atoms with Gasteiger partial charge in [0.1, 0.15) is 0 Å². The molecule has 0 saturated carbocycles. The first-order valence-electron chi connectivity index (χ1n) is 6.03. The molecule has 2 aromatic rings. The third kappa shape index (κ3) is 2.36. The molecule has 1 aromatic carbocycles. The van der Waals surface area contributed by atoms with Crippen molar-refractivity contribution in [3.63, 3.8) is 0 Å². The highest BCUT2D eigenvalue weighted by Crippen LogP contribution is 2.22. The molecule has 5 nitrogen and oxygen atoms in total. The van der Waals surface area contributed by atoms with Gasteiger partial charge in [0.2, 0.25) is 5.91 Å². The van der Waals surface area contributed by atoms with Crippen LogP contribution in [0.15, 0.2) is 24.4 Å². The lowest BCUT2D eigenvalue weighted by Crippen LogP contribution is -2.49. The minimum Gasteiger partial charge on any atom is -0.324 e. The topological polar surface area (TPSA) is 69.8 Å². The van der Waals surface area contributed by atoms with Gasteiger partial charge in [0, 0.05) is 5.39 Å². The number of rotatable bonds is 4. The molecule has 3 N–H and O–H groups in total. The highest BCUT2D eigenvalue weighted by molar-refractivity contribution is 6.04. The fraction of sp³-hybridized carbons (Fsp3) is 0.385. The van der Waals surface area contributed by atoms with Gasteiger partial charge in [-0.05, 0) is 32.5 Å². The van der Waals surface area contributed by atoms with Gasteiger partial charge in [-0.25, -0.2) is 0 Å². The molecule has 0 fully saturated rings. The van der Waals surface area contributed by atoms with E-state index in [9.17, 15) is 4.79 Å². The standard InChI is InChI=1S/C13H18N4O/c1-4-14-13(2,3)12(18)16-10-6-5-7-11-9(10)8-15-17-11/h5-8,14H,4H2,1-3H3,(H,15,17)(H,16,18). The van der Waals surface area contributed by atoms with Crippen LogP contribution in [-0.2, 0) is 4.79 Å². The predicted molar refractivity (Wildman–Crippen MR) is 72.5 cm³/mol. The van der Waals surface area contributed by atoms with E-state index in [1.807, 2.05) is 39.0 Å². The Kier molecular flexibility index (Phi) is 3.34. The number of nitrogens with one attached hydrogen (secondary N) is 3. The van der Waals surface area contributed by atoms with Crippen LogP contribution in [0.5, 0.6) is 0 Å². The number of aromatic nitrogens is 2. The normalized spacial score (nSPS) is 11.7. The van der Waals surface area contributed by atoms with E-state index in [1.54, 1.807) is 6.20 Å². The second-order valence-corrected chi connectivity index (χ2v) is 4.75. The lowest BCUT2D eigenvalue weighted by Gasteiger charge is -2.24. The number of benzene rings is 1. The molecule has 1 amide bonds. The SMILES string of the molecule is CCNC(C)(C)C(=O)Nc1cccc2[nH]ncc12. The van der Waals surface area contributed by atoms with Crippen molar-refractivity contribution in [1.29, 1.82) is 0 Å². The zero-order valence-electron chi connectivity index (χ0n) is 10.9. The lowest BCUT2D eigenvalue weighted by atomic mass is 10.0. The van der Waals surface area contributed by atoms with Gasteiger partial charge in [-0.3, -0.25) is 9.89 Å². The molecular formula is C13H18N4O. The van der Waals surface area contributed by atoms with Gasteiger partial charge in [0.15, 0.2) is 0 Å². The van der Waals surface area contributed by atoms with E-state index in [0.717, 1.165) is 23.1 Å². The van der Waals surface area contributed by atoms with Gasteiger partial charge >= 0.3 is 0 Å². The summed E-state index contributed by atoms with van der Waals surface area (Å²) in [7, 11) is 0. The Morgan fingerprint density at radius 3 is 2.94 bits per heavy atom. The zero-order valence-corrected chi connectivity index (χ0v) is 10.9. The van der Waals surface area contributed by atoms with Crippen LogP contribution in [-0.4, -0.2) is 28.2 Å². The molecule has 1 aromatic heterocycles. The predicted octanol–water partition coefficient (Wildman–Crippen LogP) is 1.89. The first kappa shape index (κ1) is 12.6. The molecule has 1 heterocycles. The minimum absolute atomic E-state index is 0.0574. The number of hydrogen-bond acceptors (Lipinski definition) is 3. The first-order valence-corrected chi connectivity index (χ1v) is 6.03. The number of nitrogens with zero attached hydrogens (tertiary/aromatic N) is 1. The molecule has 2 rings (SSSR count). The molecule has 18 heavy (non-hydrogen) atoms. The molecule has 5 heteroatoms. The summed E-state index contributed by atoms with van der Waals surface area (Å²) >= 11 is 0. The summed E-state index contributed by atoms with van der Waals surface area (Å²) in [4.78, 5) is 12.2. The maximum atomic E-state index is 12.2. The summed E-state index contributed by atoms with van der Waals surface area (Å²) < 4.78 is 0. The molecular weight excluding hydrogens is 228 g/mol. The van der Waals surface area contributed by atoms with Crippen molar-refractivity contribution in [3.05, 3.63) is 24.4 Å². The van der Waals surface area contributed by atoms with Crippen molar-refractivity contribution in [1.82, 2.24) is 15.5 Å². The number of H-pyrrole nitrogens is 1. The van der Waals surface area contributed by atoms with Crippen LogP contribution in [0.2, 0.25) is 0 Å². The average Bonchev–Trinajstić information content (AvgIpc) is 2.78. The highest BCUT2D eigenvalue weighted by Gasteiger charge is 2.26. The average molecular weight is 246 g/mol. The number of aromatic amines is 1. The Hall–Kier alpha value is -1.88. The Labute approximate surface area is 106 Å². The Bertz CT molecular complexity index is 559. The summed E-state index contributed by atoms with van der Waals surface area (Å²) in [6, 6.07) is 5.68. The number of amides is 1. The second kappa shape index (κ2) is 4.78. The number of carbonyl (C=O) groups excluding carboxylic acids is 1. The van der Waals surface area contributed by atoms with Crippen LogP contribution >= 0.6 is 0 Å². The minimum atomic E-state index is -0.597. The molecule has 0 atom stereocenters. The molecule has 0 aliphatic heterocycles. The Morgan fingerprint density at radius 2 is 2.22 bits per heavy atom. The van der Waals surface area contributed by atoms with Crippen molar-refractivity contribution in [2.75, 3.05) is 11.9 Å². The van der Waals surface area contributed by atoms with Gasteiger partial charge in [-0.1, -0.05) is 13.0 Å². The molecule has 0 spiro atoms. The van der Waals surface area contributed by atoms with Crippen LogP contribution in [0, 0.1) is 0 Å². The fourth-order valence-corrected chi connectivity index (χ4v) is 1.88. The lowest BCUT2D eigenvalue weighted by molar-refractivity contribution is -0.121. The van der Waals surface area contributed by atoms with Crippen molar-refractivity contribution in [2.24, 2.45) is 0 Å². The van der Waals surface area contributed by atoms with Gasteiger partial charge < -0.3 is 10.6 Å².